The minimum absolute atomic E-state index is 0.0119. The molecule has 0 saturated carbocycles. The molecule has 4 aromatic rings. The van der Waals surface area contributed by atoms with Gasteiger partial charge in [-0.3, -0.25) is 14.9 Å². The molecule has 11 nitrogen and oxygen atoms in total. The number of hydrogen-bond donors (Lipinski definition) is 1. The van der Waals surface area contributed by atoms with Crippen LogP contribution in [0.15, 0.2) is 90.0 Å². The second-order valence-corrected chi connectivity index (χ2v) is 10.9. The molecule has 0 radical (unpaired) electrons. The highest BCUT2D eigenvalue weighted by molar-refractivity contribution is 7.90. The third-order valence-corrected chi connectivity index (χ3v) is 7.70. The molecule has 0 unspecified atom stereocenters. The van der Waals surface area contributed by atoms with Crippen LogP contribution in [-0.2, 0) is 29.3 Å². The molecule has 41 heavy (non-hydrogen) atoms. The van der Waals surface area contributed by atoms with Gasteiger partial charge < -0.3 is 9.64 Å². The van der Waals surface area contributed by atoms with Gasteiger partial charge in [0.05, 0.1) is 28.2 Å². The van der Waals surface area contributed by atoms with Crippen molar-refractivity contribution in [3.8, 4) is 5.75 Å². The molecule has 0 saturated heterocycles. The standard InChI is InChI=1S/C29H29N5O6S/c1-33(17-16-21-8-4-3-5-9-21)29-30-20-26(27(31-29)15-14-22-10-6-12-24(18-22)40-2)28(35)32-41(38,39)25-13-7-11-23(19-25)34(36)37/h3-13,18-20H,14-17H2,1-2H3,(H,32,35). The maximum Gasteiger partial charge on any atom is 0.270 e. The summed E-state index contributed by atoms with van der Waals surface area (Å²) in [5.74, 6) is 0.142. The largest absolute Gasteiger partial charge is 0.497 e. The molecule has 1 heterocycles. The molecule has 3 aromatic carbocycles. The fourth-order valence-electron chi connectivity index (χ4n) is 4.10. The normalized spacial score (nSPS) is 11.1. The molecule has 1 aromatic heterocycles. The Labute approximate surface area is 238 Å². The molecule has 0 aliphatic carbocycles. The summed E-state index contributed by atoms with van der Waals surface area (Å²) in [6, 6.07) is 21.9. The number of likely N-dealkylation sites (N-methyl/N-ethyl adjacent to an activating group) is 1. The number of sulfonamides is 1. The summed E-state index contributed by atoms with van der Waals surface area (Å²) in [7, 11) is -0.990. The van der Waals surface area contributed by atoms with Gasteiger partial charge in [0.25, 0.3) is 21.6 Å². The molecular formula is C29H29N5O6S. The van der Waals surface area contributed by atoms with Crippen molar-refractivity contribution < 1.29 is 22.9 Å². The van der Waals surface area contributed by atoms with E-state index in [0.29, 0.717) is 36.8 Å². The Morgan fingerprint density at radius 2 is 1.71 bits per heavy atom. The number of benzene rings is 3. The number of aryl methyl sites for hydroxylation is 2. The summed E-state index contributed by atoms with van der Waals surface area (Å²) in [5.41, 5.74) is 2.03. The highest BCUT2D eigenvalue weighted by Gasteiger charge is 2.24. The lowest BCUT2D eigenvalue weighted by Gasteiger charge is -2.19. The van der Waals surface area contributed by atoms with Crippen molar-refractivity contribution in [3.05, 3.63) is 118 Å². The van der Waals surface area contributed by atoms with Gasteiger partial charge in [-0.25, -0.2) is 23.1 Å². The topological polar surface area (TPSA) is 145 Å². The van der Waals surface area contributed by atoms with Crippen LogP contribution in [-0.4, -0.2) is 49.9 Å². The van der Waals surface area contributed by atoms with E-state index < -0.39 is 31.4 Å². The van der Waals surface area contributed by atoms with E-state index in [4.69, 9.17) is 4.74 Å². The Balaban J connectivity index is 1.60. The lowest BCUT2D eigenvalue weighted by Crippen LogP contribution is -2.32. The summed E-state index contributed by atoms with van der Waals surface area (Å²) < 4.78 is 33.2. The number of carbonyl (C=O) groups is 1. The molecule has 212 valence electrons. The maximum atomic E-state index is 13.2. The highest BCUT2D eigenvalue weighted by atomic mass is 32.2. The summed E-state index contributed by atoms with van der Waals surface area (Å²) in [6.45, 7) is 0.617. The highest BCUT2D eigenvalue weighted by Crippen LogP contribution is 2.20. The van der Waals surface area contributed by atoms with Crippen LogP contribution in [0.2, 0.25) is 0 Å². The van der Waals surface area contributed by atoms with Crippen LogP contribution in [0.3, 0.4) is 0 Å². The number of anilines is 1. The molecule has 0 fully saturated rings. The Bertz CT molecular complexity index is 1650. The number of nitrogens with zero attached hydrogens (tertiary/aromatic N) is 4. The molecule has 1 N–H and O–H groups in total. The zero-order valence-corrected chi connectivity index (χ0v) is 23.4. The van der Waals surface area contributed by atoms with Crippen LogP contribution >= 0.6 is 0 Å². The number of nitro benzene ring substituents is 1. The second kappa shape index (κ2) is 13.0. The molecule has 0 aliphatic rings. The Kier molecular flexibility index (Phi) is 9.25. The van der Waals surface area contributed by atoms with Gasteiger partial charge in [-0.2, -0.15) is 0 Å². The van der Waals surface area contributed by atoms with E-state index in [0.717, 1.165) is 23.6 Å². The number of rotatable bonds is 12. The molecule has 1 amide bonds. The van der Waals surface area contributed by atoms with Gasteiger partial charge >= 0.3 is 0 Å². The predicted molar refractivity (Wildman–Crippen MR) is 154 cm³/mol. The summed E-state index contributed by atoms with van der Waals surface area (Å²) >= 11 is 0. The number of non-ortho nitro benzene ring substituents is 1. The fraction of sp³-hybridized carbons (Fsp3) is 0.207. The number of hydrogen-bond acceptors (Lipinski definition) is 9. The third-order valence-electron chi connectivity index (χ3n) is 6.37. The van der Waals surface area contributed by atoms with E-state index in [9.17, 15) is 23.3 Å². The first kappa shape index (κ1) is 29.2. The van der Waals surface area contributed by atoms with Crippen LogP contribution in [0.5, 0.6) is 5.75 Å². The van der Waals surface area contributed by atoms with Crippen LogP contribution in [0.1, 0.15) is 27.2 Å². The summed E-state index contributed by atoms with van der Waals surface area (Å²) in [4.78, 5) is 34.1. The summed E-state index contributed by atoms with van der Waals surface area (Å²) in [6.07, 6.45) is 2.87. The van der Waals surface area contributed by atoms with Crippen LogP contribution in [0, 0.1) is 10.1 Å². The number of nitro groups is 1. The first-order valence-corrected chi connectivity index (χ1v) is 14.2. The number of amides is 1. The SMILES string of the molecule is COc1cccc(CCc2nc(N(C)CCc3ccccc3)ncc2C(=O)NS(=O)(=O)c2cccc([N+](=O)[O-])c2)c1. The van der Waals surface area contributed by atoms with Crippen LogP contribution < -0.4 is 14.4 Å². The quantitative estimate of drug-likeness (QED) is 0.196. The Hall–Kier alpha value is -4.84. The number of ether oxygens (including phenoxy) is 1. The van der Waals surface area contributed by atoms with E-state index in [2.05, 4.69) is 9.97 Å². The Morgan fingerprint density at radius 3 is 2.44 bits per heavy atom. The predicted octanol–water partition coefficient (Wildman–Crippen LogP) is 3.98. The maximum absolute atomic E-state index is 13.2. The molecule has 4 rings (SSSR count). The van der Waals surface area contributed by atoms with Gasteiger partial charge in [0.1, 0.15) is 5.75 Å². The number of aromatic nitrogens is 2. The van der Waals surface area contributed by atoms with Gasteiger partial charge in [-0.15, -0.1) is 0 Å². The van der Waals surface area contributed by atoms with E-state index in [1.54, 1.807) is 7.11 Å². The smallest absolute Gasteiger partial charge is 0.270 e. The Morgan fingerprint density at radius 1 is 0.976 bits per heavy atom. The second-order valence-electron chi connectivity index (χ2n) is 9.23. The van der Waals surface area contributed by atoms with Gasteiger partial charge in [-0.1, -0.05) is 48.5 Å². The first-order valence-electron chi connectivity index (χ1n) is 12.7. The van der Waals surface area contributed by atoms with Crippen molar-refractivity contribution in [2.24, 2.45) is 0 Å². The molecule has 0 atom stereocenters. The van der Waals surface area contributed by atoms with Crippen molar-refractivity contribution in [2.45, 2.75) is 24.2 Å². The molecule has 12 heteroatoms. The lowest BCUT2D eigenvalue weighted by molar-refractivity contribution is -0.385. The third kappa shape index (κ3) is 7.63. The monoisotopic (exact) mass is 575 g/mol. The summed E-state index contributed by atoms with van der Waals surface area (Å²) in [5, 5.41) is 11.1. The number of carbonyl (C=O) groups excluding carboxylic acids is 1. The average Bonchev–Trinajstić information content (AvgIpc) is 2.99. The molecular weight excluding hydrogens is 546 g/mol. The van der Waals surface area contributed by atoms with Crippen molar-refractivity contribution in [3.63, 3.8) is 0 Å². The molecule has 0 spiro atoms. The van der Waals surface area contributed by atoms with Crippen molar-refractivity contribution >= 4 is 27.6 Å². The van der Waals surface area contributed by atoms with Gasteiger partial charge in [-0.05, 0) is 48.6 Å². The first-order chi connectivity index (χ1) is 19.7. The van der Waals surface area contributed by atoms with Gasteiger partial charge in [0.15, 0.2) is 0 Å². The average molecular weight is 576 g/mol. The minimum Gasteiger partial charge on any atom is -0.497 e. The van der Waals surface area contributed by atoms with Gasteiger partial charge in [0.2, 0.25) is 5.95 Å². The van der Waals surface area contributed by atoms with Crippen molar-refractivity contribution in [1.82, 2.24) is 14.7 Å². The van der Waals surface area contributed by atoms with Gasteiger partial charge in [0, 0.05) is 31.9 Å². The molecule has 0 bridgehead atoms. The van der Waals surface area contributed by atoms with Crippen LogP contribution in [0.4, 0.5) is 11.6 Å². The van der Waals surface area contributed by atoms with E-state index in [1.807, 2.05) is 71.3 Å². The van der Waals surface area contributed by atoms with Crippen LogP contribution in [0.25, 0.3) is 0 Å². The van der Waals surface area contributed by atoms with E-state index in [1.165, 1.54) is 24.4 Å². The zero-order chi connectivity index (χ0) is 29.4. The van der Waals surface area contributed by atoms with E-state index in [-0.39, 0.29) is 5.56 Å². The van der Waals surface area contributed by atoms with Crippen molar-refractivity contribution in [2.75, 3.05) is 25.6 Å². The van der Waals surface area contributed by atoms with Crippen molar-refractivity contribution in [1.29, 1.82) is 0 Å². The molecule has 0 aliphatic heterocycles. The zero-order valence-electron chi connectivity index (χ0n) is 22.6. The number of methoxy groups -OCH3 is 1. The number of nitrogens with one attached hydrogen (secondary N) is 1. The lowest BCUT2D eigenvalue weighted by atomic mass is 10.0. The minimum atomic E-state index is -4.41. The van der Waals surface area contributed by atoms with E-state index >= 15 is 0 Å². The fourth-order valence-corrected chi connectivity index (χ4v) is 5.11.